The van der Waals surface area contributed by atoms with E-state index >= 15 is 0 Å². The summed E-state index contributed by atoms with van der Waals surface area (Å²) in [6.45, 7) is 13.7. The van der Waals surface area contributed by atoms with Crippen LogP contribution in [0.3, 0.4) is 0 Å². The van der Waals surface area contributed by atoms with Gasteiger partial charge < -0.3 is 15.2 Å². The summed E-state index contributed by atoms with van der Waals surface area (Å²) in [5.41, 5.74) is 0.327. The molecule has 2 atom stereocenters. The number of halogens is 1. The highest BCUT2D eigenvalue weighted by molar-refractivity contribution is 6.31. The normalized spacial score (nSPS) is 18.4. The number of piperidine rings is 1. The topological polar surface area (TPSA) is 78.9 Å². The molecule has 1 heterocycles. The number of ether oxygens (including phenoxy) is 1. The second-order valence-electron chi connectivity index (χ2n) is 10.4. The standard InChI is InChI=1S/C24H37ClN2O4/c1-23(2,3)22(30)26-18-14-16(25)8-9-17(18)20(28)19(21(29)31-7)15-10-12-27(13-11-15)24(4,5)6/h8-9,14-15,19-20,28H,10-13H2,1-7H3,(H,26,30). The first kappa shape index (κ1) is 25.6. The molecule has 1 saturated heterocycles. The predicted octanol–water partition coefficient (Wildman–Crippen LogP) is 4.66. The number of carbonyl (C=O) groups excluding carboxylic acids is 2. The highest BCUT2D eigenvalue weighted by Crippen LogP contribution is 2.39. The fraction of sp³-hybridized carbons (Fsp3) is 0.667. The van der Waals surface area contributed by atoms with E-state index in [1.807, 2.05) is 20.8 Å². The Labute approximate surface area is 191 Å². The zero-order chi connectivity index (χ0) is 23.6. The van der Waals surface area contributed by atoms with E-state index in [2.05, 4.69) is 31.0 Å². The van der Waals surface area contributed by atoms with Gasteiger partial charge in [0, 0.05) is 27.2 Å². The van der Waals surface area contributed by atoms with E-state index in [9.17, 15) is 14.7 Å². The Morgan fingerprint density at radius 3 is 2.23 bits per heavy atom. The number of aliphatic hydroxyl groups is 1. The van der Waals surface area contributed by atoms with E-state index in [4.69, 9.17) is 16.3 Å². The van der Waals surface area contributed by atoms with Crippen molar-refractivity contribution in [1.29, 1.82) is 0 Å². The monoisotopic (exact) mass is 452 g/mol. The van der Waals surface area contributed by atoms with E-state index < -0.39 is 23.4 Å². The molecule has 6 nitrogen and oxygen atoms in total. The summed E-state index contributed by atoms with van der Waals surface area (Å²) in [5, 5.41) is 14.6. The first-order valence-corrected chi connectivity index (χ1v) is 11.3. The maximum absolute atomic E-state index is 12.8. The maximum atomic E-state index is 12.8. The minimum atomic E-state index is -1.12. The van der Waals surface area contributed by atoms with Gasteiger partial charge >= 0.3 is 5.97 Å². The lowest BCUT2D eigenvalue weighted by molar-refractivity contribution is -0.154. The Morgan fingerprint density at radius 1 is 1.16 bits per heavy atom. The van der Waals surface area contributed by atoms with Crippen LogP contribution in [-0.2, 0) is 14.3 Å². The third-order valence-electron chi connectivity index (χ3n) is 6.07. The lowest BCUT2D eigenvalue weighted by Crippen LogP contribution is -2.48. The van der Waals surface area contributed by atoms with E-state index in [0.29, 0.717) is 16.3 Å². The lowest BCUT2D eigenvalue weighted by atomic mass is 9.78. The van der Waals surface area contributed by atoms with E-state index in [-0.39, 0.29) is 17.4 Å². The molecular weight excluding hydrogens is 416 g/mol. The number of likely N-dealkylation sites (tertiary alicyclic amines) is 1. The van der Waals surface area contributed by atoms with Gasteiger partial charge in [0.25, 0.3) is 0 Å². The number of benzene rings is 1. The Balaban J connectivity index is 2.33. The summed E-state index contributed by atoms with van der Waals surface area (Å²) >= 11 is 6.17. The van der Waals surface area contributed by atoms with Crippen LogP contribution in [0, 0.1) is 17.3 Å². The van der Waals surface area contributed by atoms with Crippen LogP contribution in [0.5, 0.6) is 0 Å². The van der Waals surface area contributed by atoms with Crippen LogP contribution in [-0.4, -0.2) is 47.6 Å². The summed E-state index contributed by atoms with van der Waals surface area (Å²) in [6, 6.07) is 4.94. The molecule has 2 rings (SSSR count). The van der Waals surface area contributed by atoms with Gasteiger partial charge in [-0.3, -0.25) is 14.5 Å². The van der Waals surface area contributed by atoms with Gasteiger partial charge in [0.05, 0.1) is 19.1 Å². The molecule has 174 valence electrons. The van der Waals surface area contributed by atoms with E-state index in [1.54, 1.807) is 18.2 Å². The molecule has 0 saturated carbocycles. The van der Waals surface area contributed by atoms with Crippen LogP contribution in [0.1, 0.15) is 66.1 Å². The fourth-order valence-electron chi connectivity index (χ4n) is 4.04. The molecule has 1 aromatic carbocycles. The Kier molecular flexibility index (Phi) is 8.17. The minimum absolute atomic E-state index is 0.0251. The second-order valence-corrected chi connectivity index (χ2v) is 10.9. The van der Waals surface area contributed by atoms with Gasteiger partial charge in [-0.15, -0.1) is 0 Å². The number of aliphatic hydroxyl groups excluding tert-OH is 1. The number of anilines is 1. The third-order valence-corrected chi connectivity index (χ3v) is 6.31. The van der Waals surface area contributed by atoms with Crippen LogP contribution in [0.4, 0.5) is 5.69 Å². The smallest absolute Gasteiger partial charge is 0.311 e. The van der Waals surface area contributed by atoms with Crippen molar-refractivity contribution in [2.45, 2.75) is 66.0 Å². The molecule has 2 N–H and O–H groups in total. The summed E-state index contributed by atoms with van der Waals surface area (Å²) in [5.74, 6) is -1.39. The van der Waals surface area contributed by atoms with Gasteiger partial charge in [-0.05, 0) is 64.8 Å². The molecule has 1 fully saturated rings. The molecular formula is C24H37ClN2O4. The Morgan fingerprint density at radius 2 is 1.74 bits per heavy atom. The van der Waals surface area contributed by atoms with Gasteiger partial charge in [0.2, 0.25) is 5.91 Å². The van der Waals surface area contributed by atoms with Crippen LogP contribution in [0.15, 0.2) is 18.2 Å². The average Bonchev–Trinajstić information content (AvgIpc) is 2.67. The number of esters is 1. The van der Waals surface area contributed by atoms with Crippen LogP contribution in [0.25, 0.3) is 0 Å². The summed E-state index contributed by atoms with van der Waals surface area (Å²) in [4.78, 5) is 27.7. The molecule has 31 heavy (non-hydrogen) atoms. The van der Waals surface area contributed by atoms with E-state index in [1.165, 1.54) is 7.11 Å². The molecule has 1 aromatic rings. The Bertz CT molecular complexity index is 790. The largest absolute Gasteiger partial charge is 0.469 e. The summed E-state index contributed by atoms with van der Waals surface area (Å²) in [7, 11) is 1.34. The molecule has 0 bridgehead atoms. The molecule has 2 unspecified atom stereocenters. The van der Waals surface area contributed by atoms with Crippen molar-refractivity contribution in [2.24, 2.45) is 17.3 Å². The van der Waals surface area contributed by atoms with Crippen LogP contribution >= 0.6 is 11.6 Å². The molecule has 7 heteroatoms. The number of rotatable bonds is 5. The summed E-state index contributed by atoms with van der Waals surface area (Å²) in [6.07, 6.45) is 0.447. The van der Waals surface area contributed by atoms with Gasteiger partial charge in [0.1, 0.15) is 0 Å². The predicted molar refractivity (Wildman–Crippen MR) is 124 cm³/mol. The fourth-order valence-corrected chi connectivity index (χ4v) is 4.21. The maximum Gasteiger partial charge on any atom is 0.311 e. The quantitative estimate of drug-likeness (QED) is 0.635. The number of nitrogens with zero attached hydrogens (tertiary/aromatic N) is 1. The highest BCUT2D eigenvalue weighted by Gasteiger charge is 2.40. The van der Waals surface area contributed by atoms with Crippen molar-refractivity contribution in [3.8, 4) is 0 Å². The second kappa shape index (κ2) is 9.88. The molecule has 1 amide bonds. The molecule has 0 aliphatic carbocycles. The van der Waals surface area contributed by atoms with E-state index in [0.717, 1.165) is 25.9 Å². The van der Waals surface area contributed by atoms with Gasteiger partial charge in [0.15, 0.2) is 0 Å². The number of hydrogen-bond donors (Lipinski definition) is 2. The lowest BCUT2D eigenvalue weighted by Gasteiger charge is -2.43. The number of methoxy groups -OCH3 is 1. The minimum Gasteiger partial charge on any atom is -0.469 e. The highest BCUT2D eigenvalue weighted by atomic mass is 35.5. The SMILES string of the molecule is COC(=O)C(C1CCN(C(C)(C)C)CC1)C(O)c1ccc(Cl)cc1NC(=O)C(C)(C)C. The molecule has 0 radical (unpaired) electrons. The van der Waals surface area contributed by atoms with Crippen molar-refractivity contribution in [1.82, 2.24) is 4.90 Å². The number of carbonyl (C=O) groups is 2. The first-order valence-electron chi connectivity index (χ1n) is 10.9. The van der Waals surface area contributed by atoms with Gasteiger partial charge in [-0.2, -0.15) is 0 Å². The van der Waals surface area contributed by atoms with Crippen molar-refractivity contribution in [2.75, 3.05) is 25.5 Å². The first-order chi connectivity index (χ1) is 14.3. The van der Waals surface area contributed by atoms with Crippen molar-refractivity contribution in [3.63, 3.8) is 0 Å². The molecule has 0 spiro atoms. The van der Waals surface area contributed by atoms with Crippen LogP contribution in [0.2, 0.25) is 5.02 Å². The third kappa shape index (κ3) is 6.43. The Hall–Kier alpha value is -1.63. The van der Waals surface area contributed by atoms with Gasteiger partial charge in [-0.1, -0.05) is 38.4 Å². The van der Waals surface area contributed by atoms with Crippen molar-refractivity contribution < 1.29 is 19.4 Å². The molecule has 0 aromatic heterocycles. The average molecular weight is 453 g/mol. The number of nitrogens with one attached hydrogen (secondary N) is 1. The number of hydrogen-bond acceptors (Lipinski definition) is 5. The zero-order valence-corrected chi connectivity index (χ0v) is 20.5. The number of amides is 1. The van der Waals surface area contributed by atoms with Crippen molar-refractivity contribution in [3.05, 3.63) is 28.8 Å². The van der Waals surface area contributed by atoms with Crippen LogP contribution < -0.4 is 5.32 Å². The van der Waals surface area contributed by atoms with Gasteiger partial charge in [-0.25, -0.2) is 0 Å². The zero-order valence-electron chi connectivity index (χ0n) is 19.8. The van der Waals surface area contributed by atoms with Crippen molar-refractivity contribution >= 4 is 29.2 Å². The summed E-state index contributed by atoms with van der Waals surface area (Å²) < 4.78 is 5.08. The molecule has 1 aliphatic heterocycles. The molecule has 1 aliphatic rings.